The van der Waals surface area contributed by atoms with Crippen molar-refractivity contribution >= 4 is 28.5 Å². The van der Waals surface area contributed by atoms with Crippen LogP contribution in [0.4, 0.5) is 5.69 Å². The van der Waals surface area contributed by atoms with Gasteiger partial charge in [0.2, 0.25) is 5.76 Å². The van der Waals surface area contributed by atoms with E-state index in [9.17, 15) is 9.59 Å². The third-order valence-corrected chi connectivity index (χ3v) is 4.25. The molecule has 0 unspecified atom stereocenters. The topological polar surface area (TPSA) is 102 Å². The molecular weight excluding hydrogens is 372 g/mol. The first-order valence-corrected chi connectivity index (χ1v) is 9.13. The molecule has 3 aromatic rings. The summed E-state index contributed by atoms with van der Waals surface area (Å²) in [5.74, 6) is -1.24. The number of esters is 1. The molecule has 1 heterocycles. The highest BCUT2D eigenvalue weighted by Crippen LogP contribution is 2.27. The minimum Gasteiger partial charge on any atom is -0.449 e. The molecule has 0 saturated carbocycles. The van der Waals surface area contributed by atoms with Crippen LogP contribution in [0.25, 0.3) is 11.0 Å². The predicted molar refractivity (Wildman–Crippen MR) is 106 cm³/mol. The van der Waals surface area contributed by atoms with Gasteiger partial charge in [-0.2, -0.15) is 5.26 Å². The van der Waals surface area contributed by atoms with E-state index in [1.807, 2.05) is 25.1 Å². The van der Waals surface area contributed by atoms with Crippen LogP contribution in [0, 0.1) is 11.3 Å². The van der Waals surface area contributed by atoms with Crippen molar-refractivity contribution in [1.29, 1.82) is 5.26 Å². The van der Waals surface area contributed by atoms with Gasteiger partial charge < -0.3 is 19.2 Å². The Balaban J connectivity index is 1.75. The summed E-state index contributed by atoms with van der Waals surface area (Å²) in [5, 5.41) is 12.3. The number of nitrogens with zero attached hydrogens (tertiary/aromatic N) is 1. The molecule has 29 heavy (non-hydrogen) atoms. The van der Waals surface area contributed by atoms with E-state index in [0.29, 0.717) is 29.0 Å². The largest absolute Gasteiger partial charge is 0.449 e. The van der Waals surface area contributed by atoms with Gasteiger partial charge in [0.1, 0.15) is 5.58 Å². The van der Waals surface area contributed by atoms with E-state index in [1.54, 1.807) is 30.3 Å². The number of benzene rings is 2. The van der Waals surface area contributed by atoms with Crippen LogP contribution >= 0.6 is 0 Å². The molecule has 3 rings (SSSR count). The summed E-state index contributed by atoms with van der Waals surface area (Å²) >= 11 is 0. The number of carbonyl (C=O) groups excluding carboxylic acids is 2. The van der Waals surface area contributed by atoms with Gasteiger partial charge in [-0.15, -0.1) is 0 Å². The smallest absolute Gasteiger partial charge is 0.375 e. The van der Waals surface area contributed by atoms with Crippen LogP contribution in [0.15, 0.2) is 52.9 Å². The molecule has 7 nitrogen and oxygen atoms in total. The summed E-state index contributed by atoms with van der Waals surface area (Å²) in [6.45, 7) is 3.99. The molecule has 1 amide bonds. The van der Waals surface area contributed by atoms with Crippen LogP contribution in [-0.4, -0.2) is 24.6 Å². The lowest BCUT2D eigenvalue weighted by Gasteiger charge is -2.13. The number of rotatable bonds is 7. The fourth-order valence-corrected chi connectivity index (χ4v) is 2.79. The number of nitrogens with one attached hydrogen (secondary N) is 1. The zero-order chi connectivity index (χ0) is 20.8. The lowest BCUT2D eigenvalue weighted by Crippen LogP contribution is -2.30. The molecule has 0 aliphatic rings. The SMILES string of the molecule is CCOCc1c(C(=O)O[C@H](C)C(=O)Nc2cccc(C#N)c2)oc2ccccc12. The minimum atomic E-state index is -1.07. The van der Waals surface area contributed by atoms with E-state index < -0.39 is 18.0 Å². The van der Waals surface area contributed by atoms with E-state index >= 15 is 0 Å². The Morgan fingerprint density at radius 2 is 2.00 bits per heavy atom. The van der Waals surface area contributed by atoms with Gasteiger partial charge in [-0.25, -0.2) is 4.79 Å². The molecule has 0 spiro atoms. The van der Waals surface area contributed by atoms with Crippen molar-refractivity contribution in [2.45, 2.75) is 26.6 Å². The number of nitriles is 1. The van der Waals surface area contributed by atoms with Crippen molar-refractivity contribution in [2.24, 2.45) is 0 Å². The molecule has 1 atom stereocenters. The summed E-state index contributed by atoms with van der Waals surface area (Å²) < 4.78 is 16.4. The van der Waals surface area contributed by atoms with E-state index in [1.165, 1.54) is 13.0 Å². The maximum absolute atomic E-state index is 12.7. The monoisotopic (exact) mass is 392 g/mol. The van der Waals surface area contributed by atoms with Gasteiger partial charge in [0.05, 0.1) is 18.2 Å². The van der Waals surface area contributed by atoms with E-state index in [4.69, 9.17) is 19.2 Å². The summed E-state index contributed by atoms with van der Waals surface area (Å²) in [6.07, 6.45) is -1.07. The zero-order valence-corrected chi connectivity index (χ0v) is 16.1. The standard InChI is InChI=1S/C22H20N2O5/c1-3-27-13-18-17-9-4-5-10-19(17)29-20(18)22(26)28-14(2)21(25)24-16-8-6-7-15(11-16)12-23/h4-11,14H,3,13H2,1-2H3,(H,24,25)/t14-/m1/s1. The number of hydrogen-bond acceptors (Lipinski definition) is 6. The number of ether oxygens (including phenoxy) is 2. The molecule has 148 valence electrons. The molecule has 0 fully saturated rings. The Kier molecular flexibility index (Phi) is 6.27. The van der Waals surface area contributed by atoms with Gasteiger partial charge in [-0.1, -0.05) is 24.3 Å². The molecule has 7 heteroatoms. The Morgan fingerprint density at radius 3 is 2.76 bits per heavy atom. The number of carbonyl (C=O) groups is 2. The van der Waals surface area contributed by atoms with Crippen molar-refractivity contribution in [1.82, 2.24) is 0 Å². The highest BCUT2D eigenvalue weighted by Gasteiger charge is 2.26. The number of fused-ring (bicyclic) bond motifs is 1. The summed E-state index contributed by atoms with van der Waals surface area (Å²) in [4.78, 5) is 25.1. The fraction of sp³-hybridized carbons (Fsp3) is 0.227. The molecule has 0 bridgehead atoms. The van der Waals surface area contributed by atoms with Crippen molar-refractivity contribution in [2.75, 3.05) is 11.9 Å². The highest BCUT2D eigenvalue weighted by molar-refractivity contribution is 5.99. The number of furan rings is 1. The minimum absolute atomic E-state index is 0.0192. The third kappa shape index (κ3) is 4.62. The van der Waals surface area contributed by atoms with Gasteiger partial charge in [0.15, 0.2) is 6.10 Å². The Labute approximate surface area is 167 Å². The average Bonchev–Trinajstić information content (AvgIpc) is 3.11. The molecule has 1 aromatic heterocycles. The Bertz CT molecular complexity index is 1080. The Hall–Kier alpha value is -3.63. The van der Waals surface area contributed by atoms with E-state index in [2.05, 4.69) is 5.32 Å². The second kappa shape index (κ2) is 9.04. The molecular formula is C22H20N2O5. The van der Waals surface area contributed by atoms with Gasteiger partial charge in [0, 0.05) is 23.2 Å². The second-order valence-corrected chi connectivity index (χ2v) is 6.27. The first kappa shape index (κ1) is 20.1. The lowest BCUT2D eigenvalue weighted by molar-refractivity contribution is -0.123. The molecule has 1 N–H and O–H groups in total. The van der Waals surface area contributed by atoms with Gasteiger partial charge in [-0.05, 0) is 38.1 Å². The van der Waals surface area contributed by atoms with Crippen molar-refractivity contribution in [3.63, 3.8) is 0 Å². The van der Waals surface area contributed by atoms with Crippen LogP contribution in [-0.2, 0) is 20.9 Å². The number of anilines is 1. The summed E-state index contributed by atoms with van der Waals surface area (Å²) in [5.41, 5.74) is 1.98. The van der Waals surface area contributed by atoms with Crippen LogP contribution in [0.1, 0.15) is 35.5 Å². The average molecular weight is 392 g/mol. The van der Waals surface area contributed by atoms with E-state index in [-0.39, 0.29) is 12.4 Å². The van der Waals surface area contributed by atoms with Crippen molar-refractivity contribution < 1.29 is 23.5 Å². The zero-order valence-electron chi connectivity index (χ0n) is 16.1. The second-order valence-electron chi connectivity index (χ2n) is 6.27. The molecule has 0 aliphatic heterocycles. The maximum Gasteiger partial charge on any atom is 0.375 e. The van der Waals surface area contributed by atoms with Gasteiger partial charge in [0.25, 0.3) is 5.91 Å². The third-order valence-electron chi connectivity index (χ3n) is 4.25. The number of hydrogen-bond donors (Lipinski definition) is 1. The van der Waals surface area contributed by atoms with Gasteiger partial charge in [-0.3, -0.25) is 4.79 Å². The summed E-state index contributed by atoms with van der Waals surface area (Å²) in [6, 6.07) is 15.7. The predicted octanol–water partition coefficient (Wildman–Crippen LogP) is 4.02. The van der Waals surface area contributed by atoms with Crippen LogP contribution < -0.4 is 5.32 Å². The molecule has 2 aromatic carbocycles. The van der Waals surface area contributed by atoms with Crippen LogP contribution in [0.5, 0.6) is 0 Å². The number of para-hydroxylation sites is 1. The molecule has 0 aliphatic carbocycles. The van der Waals surface area contributed by atoms with Gasteiger partial charge >= 0.3 is 5.97 Å². The highest BCUT2D eigenvalue weighted by atomic mass is 16.6. The first-order chi connectivity index (χ1) is 14.0. The van der Waals surface area contributed by atoms with E-state index in [0.717, 1.165) is 5.39 Å². The van der Waals surface area contributed by atoms with Crippen LogP contribution in [0.3, 0.4) is 0 Å². The molecule has 0 saturated heterocycles. The Morgan fingerprint density at radius 1 is 1.21 bits per heavy atom. The summed E-state index contributed by atoms with van der Waals surface area (Å²) in [7, 11) is 0. The van der Waals surface area contributed by atoms with Crippen LogP contribution in [0.2, 0.25) is 0 Å². The number of amides is 1. The quantitative estimate of drug-likeness (QED) is 0.609. The maximum atomic E-state index is 12.7. The fourth-order valence-electron chi connectivity index (χ4n) is 2.79. The lowest BCUT2D eigenvalue weighted by atomic mass is 10.1. The first-order valence-electron chi connectivity index (χ1n) is 9.13. The molecule has 0 radical (unpaired) electrons. The normalized spacial score (nSPS) is 11.6. The van der Waals surface area contributed by atoms with Crippen molar-refractivity contribution in [3.05, 3.63) is 65.4 Å². The van der Waals surface area contributed by atoms with Crippen molar-refractivity contribution in [3.8, 4) is 6.07 Å².